The van der Waals surface area contributed by atoms with Crippen LogP contribution in [-0.2, 0) is 22.0 Å². The van der Waals surface area contributed by atoms with Crippen LogP contribution in [0.2, 0.25) is 0 Å². The van der Waals surface area contributed by atoms with Crippen molar-refractivity contribution in [3.63, 3.8) is 0 Å². The van der Waals surface area contributed by atoms with E-state index in [2.05, 4.69) is 4.98 Å². The molecule has 2 N–H and O–H groups in total. The lowest BCUT2D eigenvalue weighted by Crippen LogP contribution is -2.41. The first-order valence-corrected chi connectivity index (χ1v) is 8.44. The normalized spacial score (nSPS) is 13.7. The van der Waals surface area contributed by atoms with E-state index in [0.29, 0.717) is 6.54 Å². The largest absolute Gasteiger partial charge is 0.337 e. The molecule has 1 heterocycles. The van der Waals surface area contributed by atoms with Crippen LogP contribution in [0, 0.1) is 5.41 Å². The Morgan fingerprint density at radius 1 is 1.35 bits per heavy atom. The van der Waals surface area contributed by atoms with Gasteiger partial charge in [0.15, 0.2) is 0 Å². The molecule has 0 bridgehead atoms. The zero-order valence-corrected chi connectivity index (χ0v) is 13.6. The summed E-state index contributed by atoms with van der Waals surface area (Å²) in [5.41, 5.74) is 2.13. The third kappa shape index (κ3) is 4.40. The number of aromatic nitrogens is 2. The van der Waals surface area contributed by atoms with Crippen molar-refractivity contribution >= 4 is 16.6 Å². The first-order chi connectivity index (χ1) is 10.9. The summed E-state index contributed by atoms with van der Waals surface area (Å²) in [5.74, 6) is -1.03. The molecule has 7 nitrogen and oxygen atoms in total. The summed E-state index contributed by atoms with van der Waals surface area (Å²) >= 11 is 0. The van der Waals surface area contributed by atoms with Gasteiger partial charge in [0.05, 0.1) is 23.2 Å². The van der Waals surface area contributed by atoms with Gasteiger partial charge in [-0.1, -0.05) is 30.3 Å². The molecule has 0 aliphatic heterocycles. The van der Waals surface area contributed by atoms with E-state index in [0.717, 1.165) is 11.3 Å². The molecule has 0 saturated carbocycles. The summed E-state index contributed by atoms with van der Waals surface area (Å²) in [4.78, 5) is 16.1. The Hall–Kier alpha value is -2.19. The molecule has 2 rings (SSSR count). The number of nitrogens with zero attached hydrogens (tertiary/aromatic N) is 2. The lowest BCUT2D eigenvalue weighted by Gasteiger charge is -2.24. The maximum absolute atomic E-state index is 11.8. The van der Waals surface area contributed by atoms with E-state index < -0.39 is 22.0 Å². The first kappa shape index (κ1) is 17.2. The topological polar surface area (TPSA) is 101 Å². The fraction of sp³-hybridized carbons (Fsp3) is 0.333. The van der Waals surface area contributed by atoms with E-state index in [1.807, 2.05) is 36.5 Å². The molecule has 1 aromatic heterocycles. The van der Waals surface area contributed by atoms with Gasteiger partial charge in [0.2, 0.25) is 5.91 Å². The van der Waals surface area contributed by atoms with E-state index in [9.17, 15) is 13.2 Å². The quantitative estimate of drug-likeness (QED) is 0.398. The summed E-state index contributed by atoms with van der Waals surface area (Å²) in [7, 11) is -2.73. The van der Waals surface area contributed by atoms with Gasteiger partial charge in [-0.15, -0.1) is 0 Å². The molecular weight excluding hydrogens is 318 g/mol. The lowest BCUT2D eigenvalue weighted by molar-refractivity contribution is -0.138. The molecule has 0 aliphatic carbocycles. The third-order valence-electron chi connectivity index (χ3n) is 3.75. The van der Waals surface area contributed by atoms with Crippen molar-refractivity contribution < 1.29 is 18.4 Å². The van der Waals surface area contributed by atoms with Crippen LogP contribution in [0.25, 0.3) is 11.3 Å². The molecule has 8 heteroatoms. The lowest BCUT2D eigenvalue weighted by atomic mass is 9.88. The number of nitrogens with one attached hydrogen (secondary N) is 1. The molecule has 0 fully saturated rings. The standard InChI is InChI=1S/C15H19N3O4S/c1-15(10-23(21)22,14(19)17-20)7-8-18-9-13(16-11-18)12-5-3-2-4-6-12/h2-6,9,11,20,23H,7-8,10H2,1H3,(H,17,19). The second-order valence-electron chi connectivity index (χ2n) is 5.61. The van der Waals surface area contributed by atoms with Crippen LogP contribution in [0.5, 0.6) is 0 Å². The zero-order chi connectivity index (χ0) is 16.9. The minimum absolute atomic E-state index is 0.257. The average Bonchev–Trinajstić information content (AvgIpc) is 3.01. The number of hydroxylamine groups is 1. The number of thiol groups is 1. The Morgan fingerprint density at radius 3 is 2.65 bits per heavy atom. The summed E-state index contributed by atoms with van der Waals surface area (Å²) in [6.07, 6.45) is 3.73. The van der Waals surface area contributed by atoms with Crippen molar-refractivity contribution in [2.24, 2.45) is 5.41 Å². The van der Waals surface area contributed by atoms with Crippen molar-refractivity contribution in [1.82, 2.24) is 15.0 Å². The number of rotatable bonds is 7. The van der Waals surface area contributed by atoms with Gasteiger partial charge in [0.1, 0.15) is 10.7 Å². The fourth-order valence-electron chi connectivity index (χ4n) is 2.30. The molecule has 1 amide bonds. The molecule has 124 valence electrons. The highest BCUT2D eigenvalue weighted by Crippen LogP contribution is 2.24. The van der Waals surface area contributed by atoms with E-state index >= 15 is 0 Å². The van der Waals surface area contributed by atoms with Gasteiger partial charge in [-0.05, 0) is 13.3 Å². The highest BCUT2D eigenvalue weighted by Gasteiger charge is 2.34. The Balaban J connectivity index is 2.10. The van der Waals surface area contributed by atoms with Gasteiger partial charge in [-0.3, -0.25) is 10.0 Å². The van der Waals surface area contributed by atoms with Crippen LogP contribution in [0.4, 0.5) is 0 Å². The van der Waals surface area contributed by atoms with Crippen LogP contribution in [0.1, 0.15) is 13.3 Å². The van der Waals surface area contributed by atoms with Crippen molar-refractivity contribution in [2.45, 2.75) is 19.9 Å². The van der Waals surface area contributed by atoms with Crippen molar-refractivity contribution in [2.75, 3.05) is 5.75 Å². The molecule has 0 spiro atoms. The molecule has 0 saturated heterocycles. The summed E-state index contributed by atoms with van der Waals surface area (Å²) < 4.78 is 23.8. The number of hydrogen-bond acceptors (Lipinski definition) is 5. The van der Waals surface area contributed by atoms with Gasteiger partial charge in [0, 0.05) is 18.3 Å². The Bertz CT molecular complexity index is 734. The van der Waals surface area contributed by atoms with Crippen molar-refractivity contribution in [3.8, 4) is 11.3 Å². The van der Waals surface area contributed by atoms with Crippen LogP contribution in [0.15, 0.2) is 42.9 Å². The second-order valence-corrected chi connectivity index (χ2v) is 6.59. The van der Waals surface area contributed by atoms with Crippen LogP contribution in [0.3, 0.4) is 0 Å². The van der Waals surface area contributed by atoms with E-state index in [1.165, 1.54) is 6.92 Å². The van der Waals surface area contributed by atoms with Gasteiger partial charge in [-0.2, -0.15) is 0 Å². The van der Waals surface area contributed by atoms with Gasteiger partial charge in [-0.25, -0.2) is 18.9 Å². The number of benzene rings is 1. The van der Waals surface area contributed by atoms with Crippen LogP contribution in [-0.4, -0.2) is 34.8 Å². The first-order valence-electron chi connectivity index (χ1n) is 7.08. The second kappa shape index (κ2) is 7.38. The SMILES string of the molecule is CC(CCn1cnc(-c2ccccc2)c1)(C[SH](=O)=O)C(=O)NO. The highest BCUT2D eigenvalue weighted by atomic mass is 32.2. The molecule has 0 radical (unpaired) electrons. The van der Waals surface area contributed by atoms with Crippen molar-refractivity contribution in [3.05, 3.63) is 42.9 Å². The molecule has 23 heavy (non-hydrogen) atoms. The van der Waals surface area contributed by atoms with Gasteiger partial charge < -0.3 is 4.57 Å². The molecule has 1 unspecified atom stereocenters. The monoisotopic (exact) mass is 337 g/mol. The molecule has 2 aromatic rings. The Labute approximate surface area is 135 Å². The predicted octanol–water partition coefficient (Wildman–Crippen LogP) is 1.06. The number of amides is 1. The average molecular weight is 337 g/mol. The zero-order valence-electron chi connectivity index (χ0n) is 12.7. The fourth-order valence-corrected chi connectivity index (χ4v) is 3.17. The number of carbonyl (C=O) groups is 1. The number of imidazole rings is 1. The summed E-state index contributed by atoms with van der Waals surface area (Å²) in [6.45, 7) is 1.92. The minimum atomic E-state index is -2.73. The number of carbonyl (C=O) groups excluding carboxylic acids is 1. The van der Waals surface area contributed by atoms with E-state index in [1.54, 1.807) is 16.4 Å². The Morgan fingerprint density at radius 2 is 2.04 bits per heavy atom. The maximum Gasteiger partial charge on any atom is 0.250 e. The molecular formula is C15H19N3O4S. The van der Waals surface area contributed by atoms with Gasteiger partial charge >= 0.3 is 0 Å². The Kier molecular flexibility index (Phi) is 5.51. The molecule has 1 atom stereocenters. The van der Waals surface area contributed by atoms with E-state index in [4.69, 9.17) is 5.21 Å². The summed E-state index contributed by atoms with van der Waals surface area (Å²) in [5, 5.41) is 8.82. The maximum atomic E-state index is 11.8. The number of hydrogen-bond donors (Lipinski definition) is 3. The van der Waals surface area contributed by atoms with Crippen molar-refractivity contribution in [1.29, 1.82) is 0 Å². The smallest absolute Gasteiger partial charge is 0.250 e. The summed E-state index contributed by atoms with van der Waals surface area (Å²) in [6, 6.07) is 9.64. The molecule has 0 aliphatic rings. The highest BCUT2D eigenvalue weighted by molar-refractivity contribution is 7.72. The van der Waals surface area contributed by atoms with E-state index in [-0.39, 0.29) is 12.2 Å². The van der Waals surface area contributed by atoms with Crippen LogP contribution < -0.4 is 5.48 Å². The van der Waals surface area contributed by atoms with Crippen LogP contribution >= 0.6 is 0 Å². The third-order valence-corrected chi connectivity index (χ3v) is 4.71. The predicted molar refractivity (Wildman–Crippen MR) is 85.5 cm³/mol. The molecule has 1 aromatic carbocycles. The number of aryl methyl sites for hydroxylation is 1. The minimum Gasteiger partial charge on any atom is -0.337 e. The van der Waals surface area contributed by atoms with Gasteiger partial charge in [0.25, 0.3) is 0 Å².